The molecule has 184 valence electrons. The van der Waals surface area contributed by atoms with Gasteiger partial charge in [0.15, 0.2) is 0 Å². The largest absolute Gasteiger partial charge is 0.490 e. The van der Waals surface area contributed by atoms with Crippen molar-refractivity contribution in [1.82, 2.24) is 20.2 Å². The van der Waals surface area contributed by atoms with Crippen LogP contribution < -0.4 is 5.32 Å². The molecular weight excluding hydrogens is 465 g/mol. The van der Waals surface area contributed by atoms with Gasteiger partial charge in [-0.05, 0) is 12.0 Å². The molecule has 0 bridgehead atoms. The number of nitrogens with one attached hydrogen (secondary N) is 2. The number of nitrogens with zero attached hydrogens (tertiary/aromatic N) is 2. The fourth-order valence-corrected chi connectivity index (χ4v) is 3.56. The molecule has 8 nitrogen and oxygen atoms in total. The van der Waals surface area contributed by atoms with Gasteiger partial charge >= 0.3 is 12.1 Å². The fourth-order valence-electron chi connectivity index (χ4n) is 3.56. The van der Waals surface area contributed by atoms with Crippen LogP contribution in [0.1, 0.15) is 32.1 Å². The lowest BCUT2D eigenvalue weighted by Crippen LogP contribution is -2.53. The third-order valence-electron chi connectivity index (χ3n) is 5.21. The molecule has 11 heteroatoms. The number of hydrogen-bond acceptors (Lipinski definition) is 5. The zero-order valence-electron chi connectivity index (χ0n) is 18.5. The number of carbonyl (C=O) groups excluding carboxylic acids is 2. The second kappa shape index (κ2) is 11.4. The average molecular weight is 488 g/mol. The number of hydrogen-bond donors (Lipinski definition) is 3. The maximum Gasteiger partial charge on any atom is 0.490 e. The van der Waals surface area contributed by atoms with Gasteiger partial charge in [-0.15, -0.1) is 0 Å². The number of halogens is 3. The topological polar surface area (TPSA) is 115 Å². The van der Waals surface area contributed by atoms with E-state index in [2.05, 4.69) is 27.4 Å². The van der Waals surface area contributed by atoms with E-state index in [1.165, 1.54) is 11.9 Å². The zero-order valence-corrected chi connectivity index (χ0v) is 18.5. The molecule has 1 atom stereocenters. The van der Waals surface area contributed by atoms with Gasteiger partial charge in [-0.3, -0.25) is 9.59 Å². The molecule has 1 unspecified atom stereocenters. The van der Waals surface area contributed by atoms with Gasteiger partial charge < -0.3 is 20.3 Å². The van der Waals surface area contributed by atoms with E-state index in [0.717, 1.165) is 13.0 Å². The van der Waals surface area contributed by atoms with Gasteiger partial charge in [-0.2, -0.15) is 13.2 Å². The normalized spacial score (nSPS) is 15.6. The summed E-state index contributed by atoms with van der Waals surface area (Å²) in [5, 5.41) is 10.6. The maximum atomic E-state index is 13.1. The summed E-state index contributed by atoms with van der Waals surface area (Å²) in [5.41, 5.74) is 2.19. The molecule has 1 fully saturated rings. The fraction of sp³-hybridized carbons (Fsp3) is 0.250. The van der Waals surface area contributed by atoms with Crippen molar-refractivity contribution in [3.05, 3.63) is 89.5 Å². The highest BCUT2D eigenvalue weighted by Gasteiger charge is 2.38. The Hall–Kier alpha value is -3.99. The zero-order chi connectivity index (χ0) is 25.4. The van der Waals surface area contributed by atoms with Gasteiger partial charge in [0.1, 0.15) is 11.4 Å². The van der Waals surface area contributed by atoms with Crippen LogP contribution in [-0.2, 0) is 11.2 Å². The summed E-state index contributed by atoms with van der Waals surface area (Å²) >= 11 is 0. The van der Waals surface area contributed by atoms with E-state index in [-0.39, 0.29) is 29.1 Å². The summed E-state index contributed by atoms with van der Waals surface area (Å²) in [7, 11) is 0. The molecule has 1 aliphatic heterocycles. The average Bonchev–Trinajstić information content (AvgIpc) is 3.34. The molecule has 1 aliphatic rings. The first-order valence-corrected chi connectivity index (χ1v) is 10.7. The molecule has 1 aromatic heterocycles. The number of carbonyl (C=O) groups is 3. The van der Waals surface area contributed by atoms with E-state index in [0.29, 0.717) is 18.7 Å². The smallest absolute Gasteiger partial charge is 0.475 e. The van der Waals surface area contributed by atoms with Crippen molar-refractivity contribution in [2.45, 2.75) is 18.6 Å². The predicted octanol–water partition coefficient (Wildman–Crippen LogP) is 2.93. The highest BCUT2D eigenvalue weighted by Crippen LogP contribution is 2.16. The number of ketones is 1. The molecule has 35 heavy (non-hydrogen) atoms. The number of amides is 1. The minimum absolute atomic E-state index is 0.175. The molecule has 3 N–H and O–H groups in total. The lowest BCUT2D eigenvalue weighted by molar-refractivity contribution is -0.192. The number of aromatic nitrogens is 2. The second-order valence-corrected chi connectivity index (χ2v) is 7.72. The lowest BCUT2D eigenvalue weighted by atomic mass is 10.0. The first-order valence-electron chi connectivity index (χ1n) is 10.7. The van der Waals surface area contributed by atoms with Crippen molar-refractivity contribution in [2.75, 3.05) is 19.6 Å². The standard InChI is InChI=1S/C22H22N4O2.C2HF3O2/c27-21(17-9-5-2-6-10-17)19-20(25-15-24-19)22(28)26-12-11-23-18(14-26)13-16-7-3-1-4-8-16;3-2(4,5)1(6)7/h1-10,15,18,23H,11-14H2,(H,24,25);(H,6,7). The number of benzene rings is 2. The highest BCUT2D eigenvalue weighted by atomic mass is 19.4. The SMILES string of the molecule is O=C(O)C(F)(F)F.O=C(c1ccccc1)c1nc[nH]c1C(=O)N1CCNC(Cc2ccccc2)C1. The molecule has 2 aromatic carbocycles. The van der Waals surface area contributed by atoms with Gasteiger partial charge in [0.2, 0.25) is 5.78 Å². The Morgan fingerprint density at radius 1 is 1.03 bits per heavy atom. The molecule has 1 amide bonds. The summed E-state index contributed by atoms with van der Waals surface area (Å²) in [6, 6.07) is 19.3. The van der Waals surface area contributed by atoms with Crippen LogP contribution in [-0.4, -0.2) is 69.5 Å². The van der Waals surface area contributed by atoms with Gasteiger partial charge in [0, 0.05) is 31.2 Å². The predicted molar refractivity (Wildman–Crippen MR) is 120 cm³/mol. The molecular formula is C24H23F3N4O4. The summed E-state index contributed by atoms with van der Waals surface area (Å²) in [4.78, 5) is 43.5. The first kappa shape index (κ1) is 25.6. The number of aromatic amines is 1. The third kappa shape index (κ3) is 7.00. The second-order valence-electron chi connectivity index (χ2n) is 7.72. The molecule has 2 heterocycles. The van der Waals surface area contributed by atoms with Crippen molar-refractivity contribution in [2.24, 2.45) is 0 Å². The quantitative estimate of drug-likeness (QED) is 0.476. The van der Waals surface area contributed by atoms with E-state index in [1.54, 1.807) is 29.2 Å². The summed E-state index contributed by atoms with van der Waals surface area (Å²) in [5.74, 6) is -3.19. The van der Waals surface area contributed by atoms with Crippen LogP contribution in [0.4, 0.5) is 13.2 Å². The minimum atomic E-state index is -5.08. The molecule has 1 saturated heterocycles. The van der Waals surface area contributed by atoms with Crippen LogP contribution in [0.3, 0.4) is 0 Å². The maximum absolute atomic E-state index is 13.1. The lowest BCUT2D eigenvalue weighted by Gasteiger charge is -2.33. The summed E-state index contributed by atoms with van der Waals surface area (Å²) in [6.07, 6.45) is -2.82. The van der Waals surface area contributed by atoms with Crippen LogP contribution in [0.25, 0.3) is 0 Å². The Morgan fingerprint density at radius 3 is 2.23 bits per heavy atom. The van der Waals surface area contributed by atoms with E-state index >= 15 is 0 Å². The van der Waals surface area contributed by atoms with Crippen LogP contribution in [0.5, 0.6) is 0 Å². The summed E-state index contributed by atoms with van der Waals surface area (Å²) in [6.45, 7) is 1.91. The highest BCUT2D eigenvalue weighted by molar-refractivity contribution is 6.13. The summed E-state index contributed by atoms with van der Waals surface area (Å²) < 4.78 is 31.7. The van der Waals surface area contributed by atoms with Crippen molar-refractivity contribution in [3.63, 3.8) is 0 Å². The molecule has 0 aliphatic carbocycles. The van der Waals surface area contributed by atoms with Gasteiger partial charge in [0.05, 0.1) is 6.33 Å². The number of alkyl halides is 3. The first-order chi connectivity index (χ1) is 16.7. The third-order valence-corrected chi connectivity index (χ3v) is 5.21. The van der Waals surface area contributed by atoms with Crippen LogP contribution in [0.15, 0.2) is 67.0 Å². The van der Waals surface area contributed by atoms with E-state index < -0.39 is 12.1 Å². The number of H-pyrrole nitrogens is 1. The monoisotopic (exact) mass is 488 g/mol. The number of imidazole rings is 1. The van der Waals surface area contributed by atoms with Gasteiger partial charge in [-0.1, -0.05) is 60.7 Å². The van der Waals surface area contributed by atoms with Crippen molar-refractivity contribution in [1.29, 1.82) is 0 Å². The number of rotatable bonds is 5. The number of aliphatic carboxylic acids is 1. The van der Waals surface area contributed by atoms with E-state index in [1.807, 2.05) is 24.3 Å². The molecule has 3 aromatic rings. The molecule has 0 saturated carbocycles. The number of piperazine rings is 1. The molecule has 4 rings (SSSR count). The van der Waals surface area contributed by atoms with Crippen LogP contribution in [0, 0.1) is 0 Å². The Morgan fingerprint density at radius 2 is 1.63 bits per heavy atom. The Labute approximate surface area is 198 Å². The Bertz CT molecular complexity index is 1150. The van der Waals surface area contributed by atoms with Gasteiger partial charge in [-0.25, -0.2) is 9.78 Å². The number of carboxylic acid groups (broad SMARTS) is 1. The van der Waals surface area contributed by atoms with E-state index in [9.17, 15) is 22.8 Å². The van der Waals surface area contributed by atoms with Crippen molar-refractivity contribution >= 4 is 17.7 Å². The van der Waals surface area contributed by atoms with Crippen molar-refractivity contribution in [3.8, 4) is 0 Å². The molecule has 0 spiro atoms. The van der Waals surface area contributed by atoms with Crippen LogP contribution in [0.2, 0.25) is 0 Å². The Kier molecular flexibility index (Phi) is 8.37. The molecule has 0 radical (unpaired) electrons. The van der Waals surface area contributed by atoms with Crippen molar-refractivity contribution < 1.29 is 32.7 Å². The minimum Gasteiger partial charge on any atom is -0.475 e. The van der Waals surface area contributed by atoms with Crippen LogP contribution >= 0.6 is 0 Å². The van der Waals surface area contributed by atoms with E-state index in [4.69, 9.17) is 9.90 Å². The number of carboxylic acids is 1. The Balaban J connectivity index is 0.000000429. The van der Waals surface area contributed by atoms with Gasteiger partial charge in [0.25, 0.3) is 5.91 Å².